The van der Waals surface area contributed by atoms with E-state index in [0.717, 1.165) is 12.3 Å². The first-order chi connectivity index (χ1) is 7.31. The van der Waals surface area contributed by atoms with Crippen LogP contribution in [0.2, 0.25) is 0 Å². The Labute approximate surface area is 87.6 Å². The summed E-state index contributed by atoms with van der Waals surface area (Å²) < 4.78 is 6.37. The van der Waals surface area contributed by atoms with E-state index < -0.39 is 5.97 Å². The molecule has 1 fully saturated rings. The van der Waals surface area contributed by atoms with E-state index in [1.54, 1.807) is 6.92 Å². The molecule has 6 nitrogen and oxygen atoms in total. The topological polar surface area (TPSA) is 69.9 Å². The number of carbonyl (C=O) groups excluding carboxylic acids is 1. The van der Waals surface area contributed by atoms with Crippen LogP contribution < -0.4 is 0 Å². The van der Waals surface area contributed by atoms with Crippen molar-refractivity contribution in [1.29, 1.82) is 0 Å². The van der Waals surface area contributed by atoms with Crippen molar-refractivity contribution < 1.29 is 9.53 Å². The molecule has 1 aromatic rings. The van der Waals surface area contributed by atoms with Crippen molar-refractivity contribution in [2.75, 3.05) is 6.61 Å². The van der Waals surface area contributed by atoms with Crippen LogP contribution in [-0.2, 0) is 11.3 Å². The van der Waals surface area contributed by atoms with Gasteiger partial charge >= 0.3 is 5.97 Å². The highest BCUT2D eigenvalue weighted by molar-refractivity contribution is 5.85. The molecular weight excluding hydrogens is 196 g/mol. The number of esters is 1. The lowest BCUT2D eigenvalue weighted by Crippen LogP contribution is -2.15. The predicted molar refractivity (Wildman–Crippen MR) is 51.1 cm³/mol. The Morgan fingerprint density at radius 3 is 3.07 bits per heavy atom. The second-order valence-electron chi connectivity index (χ2n) is 3.68. The van der Waals surface area contributed by atoms with Crippen LogP contribution in [-0.4, -0.2) is 32.8 Å². The summed E-state index contributed by atoms with van der Waals surface area (Å²) in [7, 11) is 0. The van der Waals surface area contributed by atoms with Gasteiger partial charge in [0.15, 0.2) is 0 Å². The van der Waals surface area contributed by atoms with Crippen LogP contribution in [0.25, 0.3) is 0 Å². The van der Waals surface area contributed by atoms with Gasteiger partial charge in [-0.15, -0.1) is 5.10 Å². The first-order valence-electron chi connectivity index (χ1n) is 5.24. The number of carbonyl (C=O) groups is 1. The van der Waals surface area contributed by atoms with Crippen molar-refractivity contribution >= 4 is 5.97 Å². The summed E-state index contributed by atoms with van der Waals surface area (Å²) in [6.07, 6.45) is 3.62. The van der Waals surface area contributed by atoms with E-state index in [4.69, 9.17) is 4.74 Å². The fraction of sp³-hybridized carbons (Fsp3) is 0.778. The number of ether oxygens (including phenoxy) is 1. The fourth-order valence-corrected chi connectivity index (χ4v) is 1.41. The van der Waals surface area contributed by atoms with Crippen molar-refractivity contribution in [3.05, 3.63) is 5.82 Å². The van der Waals surface area contributed by atoms with Crippen molar-refractivity contribution in [1.82, 2.24) is 20.2 Å². The molecule has 0 N–H and O–H groups in total. The van der Waals surface area contributed by atoms with E-state index in [9.17, 15) is 4.79 Å². The lowest BCUT2D eigenvalue weighted by atomic mass is 10.3. The molecular formula is C9H14N4O2. The zero-order chi connectivity index (χ0) is 10.7. The molecule has 0 saturated heterocycles. The molecule has 1 saturated carbocycles. The van der Waals surface area contributed by atoms with Gasteiger partial charge in [0.2, 0.25) is 0 Å². The molecule has 1 aliphatic carbocycles. The Kier molecular flexibility index (Phi) is 2.94. The molecule has 1 heterocycles. The van der Waals surface area contributed by atoms with Gasteiger partial charge in [-0.1, -0.05) is 12.8 Å². The first kappa shape index (κ1) is 10.1. The third-order valence-corrected chi connectivity index (χ3v) is 2.44. The Morgan fingerprint density at radius 2 is 2.40 bits per heavy atom. The van der Waals surface area contributed by atoms with Gasteiger partial charge in [0, 0.05) is 6.54 Å². The first-order valence-corrected chi connectivity index (χ1v) is 5.24. The second kappa shape index (κ2) is 4.37. The Morgan fingerprint density at radius 1 is 1.60 bits per heavy atom. The Balaban J connectivity index is 1.96. The highest BCUT2D eigenvalue weighted by Crippen LogP contribution is 2.32. The van der Waals surface area contributed by atoms with E-state index in [2.05, 4.69) is 15.5 Å². The maximum atomic E-state index is 11.4. The van der Waals surface area contributed by atoms with E-state index in [-0.39, 0.29) is 5.82 Å². The molecule has 0 radical (unpaired) electrons. The van der Waals surface area contributed by atoms with Gasteiger partial charge in [-0.2, -0.15) is 0 Å². The molecule has 0 amide bonds. The van der Waals surface area contributed by atoms with Crippen LogP contribution in [0.4, 0.5) is 0 Å². The molecule has 0 aliphatic heterocycles. The molecule has 0 spiro atoms. The molecule has 2 rings (SSSR count). The molecule has 0 atom stereocenters. The molecule has 0 unspecified atom stereocenters. The van der Waals surface area contributed by atoms with Crippen LogP contribution in [0.5, 0.6) is 0 Å². The second-order valence-corrected chi connectivity index (χ2v) is 3.68. The summed E-state index contributed by atoms with van der Waals surface area (Å²) in [4.78, 5) is 11.4. The van der Waals surface area contributed by atoms with Gasteiger partial charge in [-0.3, -0.25) is 0 Å². The zero-order valence-corrected chi connectivity index (χ0v) is 8.72. The summed E-state index contributed by atoms with van der Waals surface area (Å²) in [5.74, 6) is 0.556. The van der Waals surface area contributed by atoms with Crippen LogP contribution in [0.1, 0.15) is 36.8 Å². The van der Waals surface area contributed by atoms with E-state index >= 15 is 0 Å². The number of aryl methyl sites for hydroxylation is 1. The molecule has 15 heavy (non-hydrogen) atoms. The molecule has 6 heteroatoms. The van der Waals surface area contributed by atoms with Crippen LogP contribution in [0.15, 0.2) is 0 Å². The number of aromatic nitrogens is 4. The van der Waals surface area contributed by atoms with Gasteiger partial charge in [0.05, 0.1) is 6.61 Å². The third kappa shape index (κ3) is 2.51. The van der Waals surface area contributed by atoms with E-state index in [0.29, 0.717) is 13.2 Å². The number of hydrogen-bond acceptors (Lipinski definition) is 5. The highest BCUT2D eigenvalue weighted by atomic mass is 16.5. The normalized spacial score (nSPS) is 15.3. The molecule has 0 bridgehead atoms. The van der Waals surface area contributed by atoms with Crippen LogP contribution >= 0.6 is 0 Å². The highest BCUT2D eigenvalue weighted by Gasteiger charge is 2.23. The number of tetrazole rings is 1. The van der Waals surface area contributed by atoms with Crippen molar-refractivity contribution in [2.24, 2.45) is 5.92 Å². The van der Waals surface area contributed by atoms with Crippen LogP contribution in [0, 0.1) is 5.92 Å². The van der Waals surface area contributed by atoms with Gasteiger partial charge in [0.25, 0.3) is 5.82 Å². The van der Waals surface area contributed by atoms with Crippen molar-refractivity contribution in [3.63, 3.8) is 0 Å². The maximum absolute atomic E-state index is 11.4. The smallest absolute Gasteiger partial charge is 0.378 e. The molecule has 1 aromatic heterocycles. The van der Waals surface area contributed by atoms with E-state index in [1.165, 1.54) is 17.5 Å². The Bertz CT molecular complexity index is 346. The van der Waals surface area contributed by atoms with Crippen molar-refractivity contribution in [2.45, 2.75) is 32.7 Å². The predicted octanol–water partition coefficient (Wildman–Crippen LogP) is 0.650. The Hall–Kier alpha value is -1.46. The zero-order valence-electron chi connectivity index (χ0n) is 8.72. The fourth-order valence-electron chi connectivity index (χ4n) is 1.41. The summed E-state index contributed by atoms with van der Waals surface area (Å²) in [5.41, 5.74) is 0. The van der Waals surface area contributed by atoms with Crippen molar-refractivity contribution in [3.8, 4) is 0 Å². The summed E-state index contributed by atoms with van der Waals surface area (Å²) in [6, 6.07) is 0. The lowest BCUT2D eigenvalue weighted by Gasteiger charge is -2.02. The minimum absolute atomic E-state index is 0.206. The number of nitrogens with zero attached hydrogens (tertiary/aromatic N) is 4. The van der Waals surface area contributed by atoms with Gasteiger partial charge in [-0.05, 0) is 29.7 Å². The number of rotatable bonds is 5. The SMILES string of the molecule is CCOC(=O)c1nnnn1CCC1CC1. The van der Waals surface area contributed by atoms with E-state index in [1.807, 2.05) is 0 Å². The lowest BCUT2D eigenvalue weighted by molar-refractivity contribution is 0.0504. The quantitative estimate of drug-likeness (QED) is 0.667. The minimum Gasteiger partial charge on any atom is -0.460 e. The molecule has 82 valence electrons. The molecule has 0 aromatic carbocycles. The summed E-state index contributed by atoms with van der Waals surface area (Å²) in [6.45, 7) is 2.80. The summed E-state index contributed by atoms with van der Waals surface area (Å²) in [5, 5.41) is 10.9. The maximum Gasteiger partial charge on any atom is 0.378 e. The van der Waals surface area contributed by atoms with Gasteiger partial charge in [0.1, 0.15) is 0 Å². The third-order valence-electron chi connectivity index (χ3n) is 2.44. The monoisotopic (exact) mass is 210 g/mol. The van der Waals surface area contributed by atoms with Crippen LogP contribution in [0.3, 0.4) is 0 Å². The molecule has 1 aliphatic rings. The average molecular weight is 210 g/mol. The van der Waals surface area contributed by atoms with Gasteiger partial charge < -0.3 is 4.74 Å². The largest absolute Gasteiger partial charge is 0.460 e. The average Bonchev–Trinajstić information content (AvgIpc) is 2.93. The summed E-state index contributed by atoms with van der Waals surface area (Å²) >= 11 is 0. The number of hydrogen-bond donors (Lipinski definition) is 0. The van der Waals surface area contributed by atoms with Gasteiger partial charge in [-0.25, -0.2) is 9.48 Å². The standard InChI is InChI=1S/C9H14N4O2/c1-2-15-9(14)8-10-11-12-13(8)6-5-7-3-4-7/h7H,2-6H2,1H3. The minimum atomic E-state index is -0.446.